The fourth-order valence-electron chi connectivity index (χ4n) is 2.37. The molecule has 1 rings (SSSR count). The van der Waals surface area contributed by atoms with Crippen LogP contribution in [0.5, 0.6) is 0 Å². The first-order valence-electron chi connectivity index (χ1n) is 6.18. The van der Waals surface area contributed by atoms with Crippen molar-refractivity contribution >= 4 is 12.0 Å². The Labute approximate surface area is 108 Å². The van der Waals surface area contributed by atoms with E-state index in [1.54, 1.807) is 4.90 Å². The summed E-state index contributed by atoms with van der Waals surface area (Å²) in [6, 6.07) is -0.0712. The van der Waals surface area contributed by atoms with Crippen LogP contribution in [-0.2, 0) is 4.79 Å². The van der Waals surface area contributed by atoms with Crippen molar-refractivity contribution in [2.75, 3.05) is 19.6 Å². The topological polar surface area (TPSA) is 60.9 Å². The fourth-order valence-corrected chi connectivity index (χ4v) is 2.37. The second-order valence-electron chi connectivity index (χ2n) is 4.88. The van der Waals surface area contributed by atoms with Gasteiger partial charge >= 0.3 is 12.0 Å². The molecule has 18 heavy (non-hydrogen) atoms. The number of amides is 2. The van der Waals surface area contributed by atoms with E-state index in [0.29, 0.717) is 12.5 Å². The molecule has 1 saturated heterocycles. The van der Waals surface area contributed by atoms with Crippen LogP contribution in [0.4, 0.5) is 4.79 Å². The van der Waals surface area contributed by atoms with Gasteiger partial charge in [-0.2, -0.15) is 0 Å². The first-order chi connectivity index (χ1) is 8.47. The van der Waals surface area contributed by atoms with Crippen molar-refractivity contribution in [1.29, 1.82) is 0 Å². The molecule has 0 radical (unpaired) electrons. The summed E-state index contributed by atoms with van der Waals surface area (Å²) in [5.41, 5.74) is 0. The molecule has 2 amide bonds. The number of carboxylic acid groups (broad SMARTS) is 1. The van der Waals surface area contributed by atoms with E-state index >= 15 is 0 Å². The summed E-state index contributed by atoms with van der Waals surface area (Å²) in [5, 5.41) is 8.80. The standard InChI is InChI=1S/C13H20N2O3/c1-4-7-14(9-12(16)17)13(18)15-8-5-6-11(15)10(2)3/h1,10-11H,5-9H2,2-3H3,(H,16,17). The number of carboxylic acids is 1. The zero-order valence-corrected chi connectivity index (χ0v) is 10.9. The highest BCUT2D eigenvalue weighted by Gasteiger charge is 2.33. The third-order valence-electron chi connectivity index (χ3n) is 3.19. The van der Waals surface area contributed by atoms with Gasteiger partial charge in [-0.15, -0.1) is 6.42 Å². The van der Waals surface area contributed by atoms with Crippen molar-refractivity contribution in [3.8, 4) is 12.3 Å². The molecule has 1 N–H and O–H groups in total. The second kappa shape index (κ2) is 6.29. The van der Waals surface area contributed by atoms with Crippen LogP contribution < -0.4 is 0 Å². The summed E-state index contributed by atoms with van der Waals surface area (Å²) in [6.45, 7) is 4.51. The highest BCUT2D eigenvalue weighted by atomic mass is 16.4. The van der Waals surface area contributed by atoms with Crippen LogP contribution in [0, 0.1) is 18.3 Å². The lowest BCUT2D eigenvalue weighted by atomic mass is 10.0. The molecule has 100 valence electrons. The van der Waals surface area contributed by atoms with Crippen molar-refractivity contribution < 1.29 is 14.7 Å². The lowest BCUT2D eigenvalue weighted by Crippen LogP contribution is -2.48. The predicted molar refractivity (Wildman–Crippen MR) is 68.0 cm³/mol. The minimum Gasteiger partial charge on any atom is -0.480 e. The third kappa shape index (κ3) is 3.39. The van der Waals surface area contributed by atoms with Crippen LogP contribution in [-0.4, -0.2) is 52.6 Å². The number of rotatable bonds is 4. The number of hydrogen-bond acceptors (Lipinski definition) is 2. The van der Waals surface area contributed by atoms with Crippen LogP contribution in [0.2, 0.25) is 0 Å². The lowest BCUT2D eigenvalue weighted by Gasteiger charge is -2.32. The predicted octanol–water partition coefficient (Wildman–Crippen LogP) is 1.25. The molecule has 1 atom stereocenters. The maximum Gasteiger partial charge on any atom is 0.323 e. The monoisotopic (exact) mass is 252 g/mol. The molecule has 0 saturated carbocycles. The Kier molecular flexibility index (Phi) is 5.02. The van der Waals surface area contributed by atoms with Crippen molar-refractivity contribution in [1.82, 2.24) is 9.80 Å². The number of terminal acetylenes is 1. The summed E-state index contributed by atoms with van der Waals surface area (Å²) >= 11 is 0. The van der Waals surface area contributed by atoms with Gasteiger partial charge in [-0.05, 0) is 18.8 Å². The van der Waals surface area contributed by atoms with Gasteiger partial charge in [0.15, 0.2) is 0 Å². The number of carbonyl (C=O) groups is 2. The molecule has 1 aliphatic heterocycles. The molecule has 5 heteroatoms. The van der Waals surface area contributed by atoms with Gasteiger partial charge in [0.25, 0.3) is 0 Å². The average molecular weight is 252 g/mol. The summed E-state index contributed by atoms with van der Waals surface area (Å²) < 4.78 is 0. The Morgan fingerprint density at radius 2 is 2.22 bits per heavy atom. The summed E-state index contributed by atoms with van der Waals surface area (Å²) in [6.07, 6.45) is 7.12. The van der Waals surface area contributed by atoms with Crippen molar-refractivity contribution in [3.05, 3.63) is 0 Å². The lowest BCUT2D eigenvalue weighted by molar-refractivity contribution is -0.137. The molecule has 0 aromatic carbocycles. The number of hydrogen-bond donors (Lipinski definition) is 1. The summed E-state index contributed by atoms with van der Waals surface area (Å²) in [4.78, 5) is 26.0. The highest BCUT2D eigenvalue weighted by molar-refractivity contribution is 5.80. The molecule has 0 aliphatic carbocycles. The number of aliphatic carboxylic acids is 1. The molecular weight excluding hydrogens is 232 g/mol. The van der Waals surface area contributed by atoms with E-state index in [2.05, 4.69) is 19.8 Å². The van der Waals surface area contributed by atoms with E-state index in [1.165, 1.54) is 4.90 Å². The number of likely N-dealkylation sites (tertiary alicyclic amines) is 1. The minimum absolute atomic E-state index is 0.0342. The van der Waals surface area contributed by atoms with E-state index < -0.39 is 5.97 Å². The van der Waals surface area contributed by atoms with E-state index in [1.807, 2.05) is 0 Å². The maximum atomic E-state index is 12.3. The smallest absolute Gasteiger partial charge is 0.323 e. The van der Waals surface area contributed by atoms with Gasteiger partial charge in [-0.3, -0.25) is 4.79 Å². The first kappa shape index (κ1) is 14.4. The summed E-state index contributed by atoms with van der Waals surface area (Å²) in [7, 11) is 0. The molecule has 1 aliphatic rings. The largest absolute Gasteiger partial charge is 0.480 e. The van der Waals surface area contributed by atoms with E-state index in [-0.39, 0.29) is 25.2 Å². The van der Waals surface area contributed by atoms with Crippen LogP contribution in [0.1, 0.15) is 26.7 Å². The van der Waals surface area contributed by atoms with E-state index in [9.17, 15) is 9.59 Å². The first-order valence-corrected chi connectivity index (χ1v) is 6.18. The molecular formula is C13H20N2O3. The molecule has 0 bridgehead atoms. The van der Waals surface area contributed by atoms with Crippen LogP contribution in [0.3, 0.4) is 0 Å². The Morgan fingerprint density at radius 3 is 2.72 bits per heavy atom. The Balaban J connectivity index is 2.76. The SMILES string of the molecule is C#CCN(CC(=O)O)C(=O)N1CCCC1C(C)C. The minimum atomic E-state index is -1.04. The zero-order valence-electron chi connectivity index (χ0n) is 10.9. The summed E-state index contributed by atoms with van der Waals surface area (Å²) in [5.74, 6) is 1.66. The Morgan fingerprint density at radius 1 is 1.56 bits per heavy atom. The van der Waals surface area contributed by atoms with E-state index in [0.717, 1.165) is 12.8 Å². The Hall–Kier alpha value is -1.70. The normalized spacial score (nSPS) is 18.8. The van der Waals surface area contributed by atoms with E-state index in [4.69, 9.17) is 11.5 Å². The maximum absolute atomic E-state index is 12.3. The average Bonchev–Trinajstić information content (AvgIpc) is 2.75. The number of carbonyl (C=O) groups excluding carboxylic acids is 1. The van der Waals surface area contributed by atoms with Gasteiger partial charge in [0.2, 0.25) is 0 Å². The fraction of sp³-hybridized carbons (Fsp3) is 0.692. The third-order valence-corrected chi connectivity index (χ3v) is 3.19. The van der Waals surface area contributed by atoms with Crippen LogP contribution >= 0.6 is 0 Å². The highest BCUT2D eigenvalue weighted by Crippen LogP contribution is 2.24. The number of urea groups is 1. The van der Waals surface area contributed by atoms with Gasteiger partial charge in [0.05, 0.1) is 6.54 Å². The molecule has 1 fully saturated rings. The quantitative estimate of drug-likeness (QED) is 0.766. The van der Waals surface area contributed by atoms with Crippen molar-refractivity contribution in [2.45, 2.75) is 32.7 Å². The van der Waals surface area contributed by atoms with Gasteiger partial charge < -0.3 is 14.9 Å². The van der Waals surface area contributed by atoms with Crippen LogP contribution in [0.25, 0.3) is 0 Å². The molecule has 0 aromatic heterocycles. The van der Waals surface area contributed by atoms with Crippen molar-refractivity contribution in [3.63, 3.8) is 0 Å². The second-order valence-corrected chi connectivity index (χ2v) is 4.88. The molecule has 5 nitrogen and oxygen atoms in total. The molecule has 0 aromatic rings. The molecule has 1 unspecified atom stereocenters. The Bertz CT molecular complexity index is 360. The van der Waals surface area contributed by atoms with Gasteiger partial charge in [-0.25, -0.2) is 4.79 Å². The molecule has 1 heterocycles. The molecule has 0 spiro atoms. The van der Waals surface area contributed by atoms with Gasteiger partial charge in [-0.1, -0.05) is 19.8 Å². The van der Waals surface area contributed by atoms with Gasteiger partial charge in [0, 0.05) is 12.6 Å². The number of nitrogens with zero attached hydrogens (tertiary/aromatic N) is 2. The zero-order chi connectivity index (χ0) is 13.7. The van der Waals surface area contributed by atoms with Crippen molar-refractivity contribution in [2.24, 2.45) is 5.92 Å². The van der Waals surface area contributed by atoms with Crippen LogP contribution in [0.15, 0.2) is 0 Å². The van der Waals surface area contributed by atoms with Gasteiger partial charge in [0.1, 0.15) is 6.54 Å².